The van der Waals surface area contributed by atoms with E-state index in [1.54, 1.807) is 18.2 Å². The van der Waals surface area contributed by atoms with E-state index in [-0.39, 0.29) is 24.4 Å². The van der Waals surface area contributed by atoms with E-state index < -0.39 is 0 Å². The Bertz CT molecular complexity index is 785. The summed E-state index contributed by atoms with van der Waals surface area (Å²) in [6.45, 7) is 8.56. The fourth-order valence-corrected chi connectivity index (χ4v) is 2.98. The number of para-hydroxylation sites is 1. The second kappa shape index (κ2) is 10.5. The minimum atomic E-state index is -0.329. The van der Waals surface area contributed by atoms with Crippen LogP contribution in [0.2, 0.25) is 0 Å². The zero-order valence-corrected chi connectivity index (χ0v) is 17.1. The van der Waals surface area contributed by atoms with Crippen LogP contribution in [0.5, 0.6) is 5.75 Å². The van der Waals surface area contributed by atoms with E-state index in [1.165, 1.54) is 5.56 Å². The highest BCUT2D eigenvalue weighted by molar-refractivity contribution is 5.98. The molecule has 1 atom stereocenters. The number of amides is 2. The third-order valence-corrected chi connectivity index (χ3v) is 4.34. The number of carbonyl (C=O) groups is 2. The number of hydrogen-bond acceptors (Lipinski definition) is 3. The van der Waals surface area contributed by atoms with Crippen molar-refractivity contribution in [2.24, 2.45) is 5.92 Å². The first-order valence-corrected chi connectivity index (χ1v) is 9.79. The lowest BCUT2D eigenvalue weighted by Gasteiger charge is -2.16. The lowest BCUT2D eigenvalue weighted by atomic mass is 10.00. The summed E-state index contributed by atoms with van der Waals surface area (Å²) in [6.07, 6.45) is 1.04. The van der Waals surface area contributed by atoms with Crippen molar-refractivity contribution >= 4 is 11.8 Å². The van der Waals surface area contributed by atoms with E-state index in [2.05, 4.69) is 36.6 Å². The molecular formula is C23H30N2O3. The second-order valence-corrected chi connectivity index (χ2v) is 7.24. The molecule has 2 aromatic carbocycles. The Hall–Kier alpha value is -2.82. The molecule has 5 nitrogen and oxygen atoms in total. The number of rotatable bonds is 9. The first-order chi connectivity index (χ1) is 13.4. The van der Waals surface area contributed by atoms with Gasteiger partial charge in [-0.2, -0.15) is 0 Å². The van der Waals surface area contributed by atoms with Crippen LogP contribution in [0.1, 0.15) is 55.2 Å². The third kappa shape index (κ3) is 6.41. The first kappa shape index (κ1) is 21.5. The van der Waals surface area contributed by atoms with E-state index in [1.807, 2.05) is 32.0 Å². The fourth-order valence-electron chi connectivity index (χ4n) is 2.98. The maximum atomic E-state index is 12.4. The highest BCUT2D eigenvalue weighted by atomic mass is 16.5. The molecule has 0 aromatic heterocycles. The minimum absolute atomic E-state index is 0.0882. The van der Waals surface area contributed by atoms with E-state index in [9.17, 15) is 9.59 Å². The number of hydrogen-bond donors (Lipinski definition) is 2. The Balaban J connectivity index is 1.87. The maximum absolute atomic E-state index is 12.4. The molecular weight excluding hydrogens is 352 g/mol. The van der Waals surface area contributed by atoms with Gasteiger partial charge in [0, 0.05) is 0 Å². The lowest BCUT2D eigenvalue weighted by Crippen LogP contribution is -2.38. The zero-order chi connectivity index (χ0) is 20.5. The largest absolute Gasteiger partial charge is 0.493 e. The van der Waals surface area contributed by atoms with Gasteiger partial charge in [0.1, 0.15) is 5.75 Å². The highest BCUT2D eigenvalue weighted by Crippen LogP contribution is 2.18. The van der Waals surface area contributed by atoms with Gasteiger partial charge in [-0.05, 0) is 49.4 Å². The Kier molecular flexibility index (Phi) is 8.05. The summed E-state index contributed by atoms with van der Waals surface area (Å²) in [5, 5.41) is 5.57. The molecule has 0 fully saturated rings. The number of ether oxygens (including phenoxy) is 1. The molecule has 0 heterocycles. The van der Waals surface area contributed by atoms with Gasteiger partial charge in [-0.15, -0.1) is 0 Å². The van der Waals surface area contributed by atoms with Crippen molar-refractivity contribution in [3.8, 4) is 5.75 Å². The monoisotopic (exact) mass is 382 g/mol. The van der Waals surface area contributed by atoms with E-state index >= 15 is 0 Å². The topological polar surface area (TPSA) is 67.4 Å². The molecule has 5 heteroatoms. The normalized spacial score (nSPS) is 11.8. The zero-order valence-electron chi connectivity index (χ0n) is 17.1. The van der Waals surface area contributed by atoms with Gasteiger partial charge in [-0.3, -0.25) is 9.59 Å². The molecule has 0 radical (unpaired) electrons. The predicted octanol–water partition coefficient (Wildman–Crippen LogP) is 3.89. The molecule has 0 aliphatic carbocycles. The summed E-state index contributed by atoms with van der Waals surface area (Å²) in [5.41, 5.74) is 2.75. The molecule has 0 spiro atoms. The SMILES string of the molecule is CCOc1ccccc1C(=O)NCC(=O)NC(C)c1ccc(CC(C)C)cc1. The van der Waals surface area contributed by atoms with Gasteiger partial charge in [0.05, 0.1) is 24.8 Å². The minimum Gasteiger partial charge on any atom is -0.493 e. The molecule has 0 aliphatic rings. The molecule has 2 aromatic rings. The van der Waals surface area contributed by atoms with Crippen LogP contribution in [0.15, 0.2) is 48.5 Å². The smallest absolute Gasteiger partial charge is 0.255 e. The van der Waals surface area contributed by atoms with Crippen molar-refractivity contribution in [2.75, 3.05) is 13.2 Å². The van der Waals surface area contributed by atoms with Crippen LogP contribution in [-0.4, -0.2) is 25.0 Å². The Morgan fingerprint density at radius 1 is 1.00 bits per heavy atom. The van der Waals surface area contributed by atoms with E-state index in [4.69, 9.17) is 4.74 Å². The highest BCUT2D eigenvalue weighted by Gasteiger charge is 2.14. The molecule has 28 heavy (non-hydrogen) atoms. The van der Waals surface area contributed by atoms with Crippen LogP contribution in [0.4, 0.5) is 0 Å². The molecule has 1 unspecified atom stereocenters. The van der Waals surface area contributed by atoms with E-state index in [0.717, 1.165) is 12.0 Å². The van der Waals surface area contributed by atoms with Crippen LogP contribution >= 0.6 is 0 Å². The Morgan fingerprint density at radius 2 is 1.68 bits per heavy atom. The molecule has 2 rings (SSSR count). The summed E-state index contributed by atoms with van der Waals surface area (Å²) in [4.78, 5) is 24.6. The number of benzene rings is 2. The summed E-state index contributed by atoms with van der Waals surface area (Å²) in [6, 6.07) is 15.1. The van der Waals surface area contributed by atoms with Crippen LogP contribution in [0.3, 0.4) is 0 Å². The summed E-state index contributed by atoms with van der Waals surface area (Å²) >= 11 is 0. The average Bonchev–Trinajstić information content (AvgIpc) is 2.67. The molecule has 0 bridgehead atoms. The summed E-state index contributed by atoms with van der Waals surface area (Å²) < 4.78 is 5.46. The van der Waals surface area contributed by atoms with Crippen LogP contribution in [-0.2, 0) is 11.2 Å². The van der Waals surface area contributed by atoms with Crippen LogP contribution in [0, 0.1) is 5.92 Å². The van der Waals surface area contributed by atoms with Crippen LogP contribution in [0.25, 0.3) is 0 Å². The van der Waals surface area contributed by atoms with Gasteiger partial charge < -0.3 is 15.4 Å². The van der Waals surface area contributed by atoms with E-state index in [0.29, 0.717) is 23.8 Å². The molecule has 0 saturated carbocycles. The Labute approximate surface area is 167 Å². The Morgan fingerprint density at radius 3 is 2.32 bits per heavy atom. The van der Waals surface area contributed by atoms with Gasteiger partial charge in [-0.1, -0.05) is 50.2 Å². The van der Waals surface area contributed by atoms with Gasteiger partial charge in [-0.25, -0.2) is 0 Å². The molecule has 150 valence electrons. The van der Waals surface area contributed by atoms with Crippen molar-refractivity contribution in [3.05, 3.63) is 65.2 Å². The standard InChI is InChI=1S/C23H30N2O3/c1-5-28-21-9-7-6-8-20(21)23(27)24-15-22(26)25-17(4)19-12-10-18(11-13-19)14-16(2)3/h6-13,16-17H,5,14-15H2,1-4H3,(H,24,27)(H,25,26). The maximum Gasteiger partial charge on any atom is 0.255 e. The molecule has 2 amide bonds. The van der Waals surface area contributed by atoms with Gasteiger partial charge >= 0.3 is 0 Å². The fraction of sp³-hybridized carbons (Fsp3) is 0.391. The number of nitrogens with one attached hydrogen (secondary N) is 2. The predicted molar refractivity (Wildman–Crippen MR) is 111 cm³/mol. The first-order valence-electron chi connectivity index (χ1n) is 9.79. The average molecular weight is 383 g/mol. The molecule has 0 aliphatic heterocycles. The van der Waals surface area contributed by atoms with Crippen molar-refractivity contribution in [1.82, 2.24) is 10.6 Å². The van der Waals surface area contributed by atoms with Crippen molar-refractivity contribution in [2.45, 2.75) is 40.2 Å². The second-order valence-electron chi connectivity index (χ2n) is 7.24. The van der Waals surface area contributed by atoms with Gasteiger partial charge in [0.2, 0.25) is 5.91 Å². The van der Waals surface area contributed by atoms with Crippen molar-refractivity contribution in [1.29, 1.82) is 0 Å². The summed E-state index contributed by atoms with van der Waals surface area (Å²) in [5.74, 6) is 0.558. The van der Waals surface area contributed by atoms with Crippen molar-refractivity contribution < 1.29 is 14.3 Å². The number of carbonyl (C=O) groups excluding carboxylic acids is 2. The third-order valence-electron chi connectivity index (χ3n) is 4.34. The molecule has 2 N–H and O–H groups in total. The lowest BCUT2D eigenvalue weighted by molar-refractivity contribution is -0.120. The van der Waals surface area contributed by atoms with Gasteiger partial charge in [0.15, 0.2) is 0 Å². The molecule has 0 saturated heterocycles. The quantitative estimate of drug-likeness (QED) is 0.691. The van der Waals surface area contributed by atoms with Gasteiger partial charge in [0.25, 0.3) is 5.91 Å². The van der Waals surface area contributed by atoms with Crippen LogP contribution < -0.4 is 15.4 Å². The summed E-state index contributed by atoms with van der Waals surface area (Å²) in [7, 11) is 0. The van der Waals surface area contributed by atoms with Crippen molar-refractivity contribution in [3.63, 3.8) is 0 Å².